The zero-order valence-electron chi connectivity index (χ0n) is 26.2. The molecule has 2 amide bonds. The average molecular weight is 641 g/mol. The molecule has 4 rings (SSSR count). The summed E-state index contributed by atoms with van der Waals surface area (Å²) in [5.74, 6) is -2.65. The van der Waals surface area contributed by atoms with Crippen LogP contribution in [0.2, 0.25) is 0 Å². The normalized spacial score (nSPS) is 14.2. The molecule has 3 aromatic carbocycles. The summed E-state index contributed by atoms with van der Waals surface area (Å²) in [5, 5.41) is 11.3. The number of hydrogen-bond donors (Lipinski definition) is 2. The van der Waals surface area contributed by atoms with E-state index in [2.05, 4.69) is 0 Å². The van der Waals surface area contributed by atoms with Gasteiger partial charge in [0.2, 0.25) is 5.91 Å². The standard InChI is InChI=1S/C35H39F3N2O6/c1-22-9-4-15-31(24(22)3)45-18-8-16-32(41)40-17-7-13-28-27(12-6-14-30(28)40)26-11-5-10-25(20-26)21-46-34(44)39-29(33(42)43)19-23(2)35(36,37)38/h4-6,9-12,14-15,20,23,29H,7-8,13,16-19,21H2,1-3H3,(H,39,44)(H,42,43). The van der Waals surface area contributed by atoms with Crippen LogP contribution < -0.4 is 15.0 Å². The summed E-state index contributed by atoms with van der Waals surface area (Å²) in [6, 6.07) is 17.2. The van der Waals surface area contributed by atoms with Crippen LogP contribution in [0.4, 0.5) is 23.7 Å². The first-order valence-electron chi connectivity index (χ1n) is 15.3. The minimum Gasteiger partial charge on any atom is -0.493 e. The quantitative estimate of drug-likeness (QED) is 0.200. The van der Waals surface area contributed by atoms with Crippen molar-refractivity contribution >= 4 is 23.7 Å². The van der Waals surface area contributed by atoms with Crippen molar-refractivity contribution in [3.8, 4) is 16.9 Å². The molecule has 0 saturated carbocycles. The van der Waals surface area contributed by atoms with Crippen molar-refractivity contribution in [3.05, 3.63) is 82.9 Å². The maximum atomic E-state index is 13.3. The predicted octanol–water partition coefficient (Wildman–Crippen LogP) is 7.38. The number of benzene rings is 3. The van der Waals surface area contributed by atoms with Gasteiger partial charge in [-0.1, -0.05) is 49.4 Å². The number of fused-ring (bicyclic) bond motifs is 1. The molecule has 0 radical (unpaired) electrons. The van der Waals surface area contributed by atoms with Crippen LogP contribution in [-0.2, 0) is 27.4 Å². The molecule has 46 heavy (non-hydrogen) atoms. The molecule has 3 aromatic rings. The topological polar surface area (TPSA) is 105 Å². The summed E-state index contributed by atoms with van der Waals surface area (Å²) in [4.78, 5) is 38.8. The lowest BCUT2D eigenvalue weighted by atomic mass is 9.91. The van der Waals surface area contributed by atoms with Crippen LogP contribution >= 0.6 is 0 Å². The fourth-order valence-electron chi connectivity index (χ4n) is 5.45. The van der Waals surface area contributed by atoms with Gasteiger partial charge in [0.25, 0.3) is 0 Å². The number of carbonyl (C=O) groups excluding carboxylic acids is 2. The molecule has 1 heterocycles. The number of alkyl carbamates (subject to hydrolysis) is 1. The summed E-state index contributed by atoms with van der Waals surface area (Å²) in [6.45, 7) is 5.74. The largest absolute Gasteiger partial charge is 0.493 e. The molecule has 2 unspecified atom stereocenters. The van der Waals surface area contributed by atoms with E-state index in [1.165, 1.54) is 0 Å². The monoisotopic (exact) mass is 640 g/mol. The van der Waals surface area contributed by atoms with Crippen molar-refractivity contribution in [1.29, 1.82) is 0 Å². The van der Waals surface area contributed by atoms with Gasteiger partial charge >= 0.3 is 18.2 Å². The fraction of sp³-hybridized carbons (Fsp3) is 0.400. The van der Waals surface area contributed by atoms with Crippen LogP contribution in [0, 0.1) is 19.8 Å². The van der Waals surface area contributed by atoms with E-state index >= 15 is 0 Å². The summed E-state index contributed by atoms with van der Waals surface area (Å²) in [6.07, 6.45) is -4.02. The van der Waals surface area contributed by atoms with Crippen LogP contribution in [0.15, 0.2) is 60.7 Å². The van der Waals surface area contributed by atoms with Gasteiger partial charge in [-0.2, -0.15) is 13.2 Å². The third-order valence-corrected chi connectivity index (χ3v) is 8.25. The number of aryl methyl sites for hydroxylation is 1. The predicted molar refractivity (Wildman–Crippen MR) is 168 cm³/mol. The molecule has 0 aromatic heterocycles. The minimum absolute atomic E-state index is 0.0279. The number of nitrogens with zero attached hydrogens (tertiary/aromatic N) is 1. The lowest BCUT2D eigenvalue weighted by molar-refractivity contribution is -0.174. The van der Waals surface area contributed by atoms with Gasteiger partial charge in [0.1, 0.15) is 18.4 Å². The van der Waals surface area contributed by atoms with E-state index in [1.807, 2.05) is 72.6 Å². The van der Waals surface area contributed by atoms with Gasteiger partial charge in [-0.15, -0.1) is 0 Å². The van der Waals surface area contributed by atoms with Crippen LogP contribution in [0.3, 0.4) is 0 Å². The van der Waals surface area contributed by atoms with Crippen molar-refractivity contribution in [2.75, 3.05) is 18.1 Å². The Labute approximate surface area is 266 Å². The van der Waals surface area contributed by atoms with Gasteiger partial charge < -0.3 is 24.8 Å². The number of hydrogen-bond acceptors (Lipinski definition) is 5. The number of carbonyl (C=O) groups is 3. The zero-order chi connectivity index (χ0) is 33.4. The van der Waals surface area contributed by atoms with Crippen LogP contribution in [0.25, 0.3) is 11.1 Å². The van der Waals surface area contributed by atoms with Crippen LogP contribution in [0.5, 0.6) is 5.75 Å². The second-order valence-electron chi connectivity index (χ2n) is 11.6. The van der Waals surface area contributed by atoms with Crippen LogP contribution in [0.1, 0.15) is 54.9 Å². The second-order valence-corrected chi connectivity index (χ2v) is 11.6. The summed E-state index contributed by atoms with van der Waals surface area (Å²) in [5.41, 5.74) is 6.52. The Morgan fingerprint density at radius 1 is 1.04 bits per heavy atom. The van der Waals surface area contributed by atoms with Gasteiger partial charge in [-0.25, -0.2) is 9.59 Å². The van der Waals surface area contributed by atoms with Crippen molar-refractivity contribution in [1.82, 2.24) is 5.32 Å². The number of ether oxygens (including phenoxy) is 2. The third-order valence-electron chi connectivity index (χ3n) is 8.25. The maximum absolute atomic E-state index is 13.3. The molecule has 8 nitrogen and oxygen atoms in total. The molecular weight excluding hydrogens is 601 g/mol. The molecule has 2 atom stereocenters. The first kappa shape index (κ1) is 34.3. The number of alkyl halides is 3. The van der Waals surface area contributed by atoms with E-state index in [9.17, 15) is 32.7 Å². The molecule has 2 N–H and O–H groups in total. The molecule has 0 spiro atoms. The Morgan fingerprint density at radius 3 is 2.52 bits per heavy atom. The zero-order valence-corrected chi connectivity index (χ0v) is 26.2. The summed E-state index contributed by atoms with van der Waals surface area (Å²) in [7, 11) is 0. The van der Waals surface area contributed by atoms with E-state index in [1.54, 1.807) is 12.1 Å². The second kappa shape index (κ2) is 15.2. The van der Waals surface area contributed by atoms with Gasteiger partial charge in [-0.3, -0.25) is 4.79 Å². The van der Waals surface area contributed by atoms with E-state index < -0.39 is 36.6 Å². The molecule has 1 aliphatic rings. The highest BCUT2D eigenvalue weighted by Gasteiger charge is 2.39. The number of nitrogens with one attached hydrogen (secondary N) is 1. The van der Waals surface area contributed by atoms with Crippen molar-refractivity contribution in [3.63, 3.8) is 0 Å². The minimum atomic E-state index is -4.59. The number of rotatable bonds is 12. The highest BCUT2D eigenvalue weighted by Crippen LogP contribution is 2.36. The van der Waals surface area contributed by atoms with Gasteiger partial charge in [0.05, 0.1) is 12.5 Å². The van der Waals surface area contributed by atoms with Gasteiger partial charge in [0.15, 0.2) is 0 Å². The first-order chi connectivity index (χ1) is 21.8. The van der Waals surface area contributed by atoms with Crippen molar-refractivity contribution < 1.29 is 42.1 Å². The Kier molecular flexibility index (Phi) is 11.3. The molecule has 0 bridgehead atoms. The Bertz CT molecular complexity index is 1560. The average Bonchev–Trinajstić information content (AvgIpc) is 3.02. The lowest BCUT2D eigenvalue weighted by Crippen LogP contribution is -2.43. The SMILES string of the molecule is Cc1cccc(OCCCC(=O)N2CCCc3c(-c4cccc(COC(=O)NC(CC(C)C(F)(F)F)C(=O)O)c4)cccc32)c1C. The van der Waals surface area contributed by atoms with E-state index in [4.69, 9.17) is 9.47 Å². The van der Waals surface area contributed by atoms with Crippen molar-refractivity contribution in [2.45, 2.75) is 71.7 Å². The summed E-state index contributed by atoms with van der Waals surface area (Å²) >= 11 is 0. The smallest absolute Gasteiger partial charge is 0.408 e. The lowest BCUT2D eigenvalue weighted by Gasteiger charge is -2.31. The number of amides is 2. The van der Waals surface area contributed by atoms with Gasteiger partial charge in [0, 0.05) is 18.7 Å². The molecule has 0 aliphatic carbocycles. The molecule has 0 fully saturated rings. The number of carboxylic acids is 1. The summed E-state index contributed by atoms with van der Waals surface area (Å²) < 4.78 is 49.8. The number of aliphatic carboxylic acids is 1. The fourth-order valence-corrected chi connectivity index (χ4v) is 5.45. The molecule has 11 heteroatoms. The highest BCUT2D eigenvalue weighted by molar-refractivity contribution is 5.96. The molecule has 1 aliphatic heterocycles. The molecule has 0 saturated heterocycles. The highest BCUT2D eigenvalue weighted by atomic mass is 19.4. The van der Waals surface area contributed by atoms with E-state index in [0.29, 0.717) is 31.6 Å². The van der Waals surface area contributed by atoms with Crippen molar-refractivity contribution in [2.24, 2.45) is 5.92 Å². The molecule has 246 valence electrons. The first-order valence-corrected chi connectivity index (χ1v) is 15.3. The Balaban J connectivity index is 1.38. The van der Waals surface area contributed by atoms with Gasteiger partial charge in [-0.05, 0) is 91.1 Å². The maximum Gasteiger partial charge on any atom is 0.408 e. The number of anilines is 1. The number of halogens is 3. The Hall–Kier alpha value is -4.54. The van der Waals surface area contributed by atoms with E-state index in [-0.39, 0.29) is 12.5 Å². The Morgan fingerprint density at radius 2 is 1.78 bits per heavy atom. The van der Waals surface area contributed by atoms with Crippen LogP contribution in [-0.4, -0.2) is 48.4 Å². The van der Waals surface area contributed by atoms with E-state index in [0.717, 1.165) is 59.0 Å². The third kappa shape index (κ3) is 8.80. The molecular formula is C35H39F3N2O6. The number of carboxylic acid groups (broad SMARTS) is 1.